The van der Waals surface area contributed by atoms with E-state index in [2.05, 4.69) is 5.32 Å². The van der Waals surface area contributed by atoms with E-state index in [0.717, 1.165) is 31.2 Å². The largest absolute Gasteiger partial charge is 0.484 e. The molecule has 4 nitrogen and oxygen atoms in total. The Bertz CT molecular complexity index is 433. The van der Waals surface area contributed by atoms with Crippen LogP contribution in [0.15, 0.2) is 24.3 Å². The van der Waals surface area contributed by atoms with E-state index < -0.39 is 6.10 Å². The first kappa shape index (κ1) is 13.9. The highest BCUT2D eigenvalue weighted by Gasteiger charge is 2.24. The van der Waals surface area contributed by atoms with Gasteiger partial charge in [0.1, 0.15) is 5.75 Å². The van der Waals surface area contributed by atoms with Crippen molar-refractivity contribution in [3.63, 3.8) is 0 Å². The van der Waals surface area contributed by atoms with Crippen LogP contribution in [0, 0.1) is 6.92 Å². The summed E-state index contributed by atoms with van der Waals surface area (Å²) >= 11 is 0. The smallest absolute Gasteiger partial charge is 0.258 e. The molecule has 1 aromatic carbocycles. The molecular weight excluding hydrogens is 242 g/mol. The van der Waals surface area contributed by atoms with Gasteiger partial charge in [0.25, 0.3) is 5.91 Å². The number of carbonyl (C=O) groups is 1. The van der Waals surface area contributed by atoms with Crippen LogP contribution < -0.4 is 10.1 Å². The molecule has 19 heavy (non-hydrogen) atoms. The van der Waals surface area contributed by atoms with E-state index in [-0.39, 0.29) is 18.6 Å². The second kappa shape index (κ2) is 6.57. The third-order valence-electron chi connectivity index (χ3n) is 3.44. The molecule has 1 aliphatic rings. The van der Waals surface area contributed by atoms with Crippen LogP contribution in [0.3, 0.4) is 0 Å². The second-order valence-electron chi connectivity index (χ2n) is 5.13. The molecule has 4 heteroatoms. The lowest BCUT2D eigenvalue weighted by Crippen LogP contribution is -2.46. The molecule has 104 valence electrons. The summed E-state index contributed by atoms with van der Waals surface area (Å²) in [4.78, 5) is 11.8. The lowest BCUT2D eigenvalue weighted by atomic mass is 9.92. The zero-order chi connectivity index (χ0) is 13.7. The standard InChI is InChI=1S/C15H21NO3/c1-11-5-4-6-12(9-11)19-10-15(18)16-13-7-2-3-8-14(13)17/h4-6,9,13-14,17H,2-3,7-8,10H2,1H3,(H,16,18)/t13-,14-/m1/s1. The summed E-state index contributed by atoms with van der Waals surface area (Å²) in [6, 6.07) is 7.47. The van der Waals surface area contributed by atoms with Gasteiger partial charge in [-0.3, -0.25) is 4.79 Å². The van der Waals surface area contributed by atoms with Crippen molar-refractivity contribution in [3.8, 4) is 5.75 Å². The number of aryl methyl sites for hydroxylation is 1. The van der Waals surface area contributed by atoms with Crippen molar-refractivity contribution >= 4 is 5.91 Å². The van der Waals surface area contributed by atoms with Crippen LogP contribution in [0.2, 0.25) is 0 Å². The van der Waals surface area contributed by atoms with Gasteiger partial charge in [0.15, 0.2) is 6.61 Å². The van der Waals surface area contributed by atoms with Crippen LogP contribution in [0.5, 0.6) is 5.75 Å². The zero-order valence-electron chi connectivity index (χ0n) is 11.3. The van der Waals surface area contributed by atoms with Crippen molar-refractivity contribution in [2.24, 2.45) is 0 Å². The number of hydrogen-bond donors (Lipinski definition) is 2. The molecule has 0 radical (unpaired) electrons. The molecule has 0 unspecified atom stereocenters. The van der Waals surface area contributed by atoms with Crippen LogP contribution in [-0.4, -0.2) is 29.8 Å². The number of hydrogen-bond acceptors (Lipinski definition) is 3. The Morgan fingerprint density at radius 2 is 2.21 bits per heavy atom. The molecule has 2 atom stereocenters. The van der Waals surface area contributed by atoms with Crippen LogP contribution in [0.4, 0.5) is 0 Å². The third kappa shape index (κ3) is 4.24. The SMILES string of the molecule is Cc1cccc(OCC(=O)N[C@@H]2CCCC[C@H]2O)c1. The quantitative estimate of drug-likeness (QED) is 0.870. The first-order chi connectivity index (χ1) is 9.15. The predicted molar refractivity (Wildman–Crippen MR) is 73.1 cm³/mol. The summed E-state index contributed by atoms with van der Waals surface area (Å²) < 4.78 is 5.43. The van der Waals surface area contributed by atoms with E-state index in [4.69, 9.17) is 4.74 Å². The van der Waals surface area contributed by atoms with Crippen LogP contribution in [0.1, 0.15) is 31.2 Å². The molecule has 1 aliphatic carbocycles. The zero-order valence-corrected chi connectivity index (χ0v) is 11.3. The Kier molecular flexibility index (Phi) is 4.80. The monoisotopic (exact) mass is 263 g/mol. The van der Waals surface area contributed by atoms with Gasteiger partial charge in [-0.2, -0.15) is 0 Å². The Balaban J connectivity index is 1.78. The molecule has 0 saturated heterocycles. The van der Waals surface area contributed by atoms with E-state index in [1.807, 2.05) is 31.2 Å². The highest BCUT2D eigenvalue weighted by atomic mass is 16.5. The summed E-state index contributed by atoms with van der Waals surface area (Å²) in [6.45, 7) is 1.97. The Morgan fingerprint density at radius 1 is 1.42 bits per heavy atom. The summed E-state index contributed by atoms with van der Waals surface area (Å²) in [5.41, 5.74) is 1.10. The number of nitrogens with one attached hydrogen (secondary N) is 1. The number of rotatable bonds is 4. The van der Waals surface area contributed by atoms with E-state index >= 15 is 0 Å². The average Bonchev–Trinajstić information content (AvgIpc) is 2.39. The fourth-order valence-corrected chi connectivity index (χ4v) is 2.38. The van der Waals surface area contributed by atoms with Crippen molar-refractivity contribution in [3.05, 3.63) is 29.8 Å². The molecule has 1 amide bonds. The van der Waals surface area contributed by atoms with Gasteiger partial charge in [-0.25, -0.2) is 0 Å². The maximum Gasteiger partial charge on any atom is 0.258 e. The van der Waals surface area contributed by atoms with Crippen molar-refractivity contribution in [1.82, 2.24) is 5.32 Å². The van der Waals surface area contributed by atoms with Gasteiger partial charge in [-0.05, 0) is 37.5 Å². The van der Waals surface area contributed by atoms with Crippen molar-refractivity contribution in [2.75, 3.05) is 6.61 Å². The van der Waals surface area contributed by atoms with Gasteiger partial charge in [-0.15, -0.1) is 0 Å². The topological polar surface area (TPSA) is 58.6 Å². The molecule has 0 aromatic heterocycles. The van der Waals surface area contributed by atoms with Crippen molar-refractivity contribution < 1.29 is 14.6 Å². The normalized spacial score (nSPS) is 22.8. The highest BCUT2D eigenvalue weighted by molar-refractivity contribution is 5.77. The summed E-state index contributed by atoms with van der Waals surface area (Å²) in [5.74, 6) is 0.520. The number of aliphatic hydroxyl groups excluding tert-OH is 1. The molecule has 0 aliphatic heterocycles. The van der Waals surface area contributed by atoms with Crippen molar-refractivity contribution in [2.45, 2.75) is 44.8 Å². The van der Waals surface area contributed by atoms with E-state index in [1.54, 1.807) is 0 Å². The van der Waals surface area contributed by atoms with Gasteiger partial charge in [0, 0.05) is 0 Å². The average molecular weight is 263 g/mol. The van der Waals surface area contributed by atoms with Gasteiger partial charge in [0.2, 0.25) is 0 Å². The maximum atomic E-state index is 11.8. The first-order valence-electron chi connectivity index (χ1n) is 6.82. The summed E-state index contributed by atoms with van der Waals surface area (Å²) in [7, 11) is 0. The minimum absolute atomic E-state index is 0.00727. The second-order valence-corrected chi connectivity index (χ2v) is 5.13. The summed E-state index contributed by atoms with van der Waals surface area (Å²) in [5, 5.41) is 12.6. The number of carbonyl (C=O) groups excluding carboxylic acids is 1. The van der Waals surface area contributed by atoms with Crippen LogP contribution in [-0.2, 0) is 4.79 Å². The molecule has 1 aromatic rings. The third-order valence-corrected chi connectivity index (χ3v) is 3.44. The Morgan fingerprint density at radius 3 is 2.95 bits per heavy atom. The Hall–Kier alpha value is -1.55. The Labute approximate surface area is 113 Å². The molecule has 0 bridgehead atoms. The van der Waals surface area contributed by atoms with Gasteiger partial charge >= 0.3 is 0 Å². The fraction of sp³-hybridized carbons (Fsp3) is 0.533. The van der Waals surface area contributed by atoms with Gasteiger partial charge in [-0.1, -0.05) is 25.0 Å². The molecule has 2 rings (SSSR count). The van der Waals surface area contributed by atoms with E-state index in [9.17, 15) is 9.90 Å². The van der Waals surface area contributed by atoms with Gasteiger partial charge < -0.3 is 15.2 Å². The first-order valence-corrected chi connectivity index (χ1v) is 6.82. The van der Waals surface area contributed by atoms with Crippen LogP contribution in [0.25, 0.3) is 0 Å². The number of benzene rings is 1. The molecule has 1 saturated carbocycles. The van der Waals surface area contributed by atoms with Crippen LogP contribution >= 0.6 is 0 Å². The number of amides is 1. The minimum atomic E-state index is -0.420. The summed E-state index contributed by atoms with van der Waals surface area (Å²) in [6.07, 6.45) is 3.28. The van der Waals surface area contributed by atoms with E-state index in [1.165, 1.54) is 0 Å². The lowest BCUT2D eigenvalue weighted by Gasteiger charge is -2.28. The number of ether oxygens (including phenoxy) is 1. The molecule has 2 N–H and O–H groups in total. The van der Waals surface area contributed by atoms with Gasteiger partial charge in [0.05, 0.1) is 12.1 Å². The predicted octanol–water partition coefficient (Wildman–Crippen LogP) is 1.79. The molecular formula is C15H21NO3. The fourth-order valence-electron chi connectivity index (χ4n) is 2.38. The minimum Gasteiger partial charge on any atom is -0.484 e. The molecule has 1 fully saturated rings. The lowest BCUT2D eigenvalue weighted by molar-refractivity contribution is -0.125. The van der Waals surface area contributed by atoms with Crippen molar-refractivity contribution in [1.29, 1.82) is 0 Å². The molecule has 0 spiro atoms. The van der Waals surface area contributed by atoms with E-state index in [0.29, 0.717) is 5.75 Å². The maximum absolute atomic E-state index is 11.8. The highest BCUT2D eigenvalue weighted by Crippen LogP contribution is 2.18. The molecule has 0 heterocycles. The number of aliphatic hydroxyl groups is 1.